The Bertz CT molecular complexity index is 416. The van der Waals surface area contributed by atoms with Crippen molar-refractivity contribution in [1.29, 1.82) is 0 Å². The van der Waals surface area contributed by atoms with Crippen molar-refractivity contribution >= 4 is 5.97 Å². The fourth-order valence-corrected chi connectivity index (χ4v) is 2.47. The quantitative estimate of drug-likeness (QED) is 0.873. The predicted molar refractivity (Wildman–Crippen MR) is 67.0 cm³/mol. The topological polar surface area (TPSA) is 55.8 Å². The number of methoxy groups -OCH3 is 1. The maximum absolute atomic E-state index is 10.8. The van der Waals surface area contributed by atoms with Crippen molar-refractivity contribution < 1.29 is 19.4 Å². The lowest BCUT2D eigenvalue weighted by Gasteiger charge is -2.20. The van der Waals surface area contributed by atoms with Crippen molar-refractivity contribution in [2.45, 2.75) is 31.8 Å². The molecule has 1 aliphatic carbocycles. The fraction of sp³-hybridized carbons (Fsp3) is 0.500. The lowest BCUT2D eigenvalue weighted by atomic mass is 10.0. The van der Waals surface area contributed by atoms with Gasteiger partial charge in [0.05, 0.1) is 13.5 Å². The highest BCUT2D eigenvalue weighted by Gasteiger charge is 2.30. The van der Waals surface area contributed by atoms with E-state index in [1.54, 1.807) is 7.11 Å². The minimum atomic E-state index is -0.749. The minimum absolute atomic E-state index is 0.00760. The molecule has 18 heavy (non-hydrogen) atoms. The Hall–Kier alpha value is -1.71. The maximum Gasteiger partial charge on any atom is 0.303 e. The van der Waals surface area contributed by atoms with Gasteiger partial charge in [-0.1, -0.05) is 6.07 Å². The Morgan fingerprint density at radius 1 is 1.39 bits per heavy atom. The zero-order valence-electron chi connectivity index (χ0n) is 10.5. The van der Waals surface area contributed by atoms with Gasteiger partial charge in [-0.2, -0.15) is 0 Å². The highest BCUT2D eigenvalue weighted by molar-refractivity contribution is 5.67. The summed E-state index contributed by atoms with van der Waals surface area (Å²) in [5.74, 6) is 0.867. The lowest BCUT2D eigenvalue weighted by molar-refractivity contribution is -0.138. The van der Waals surface area contributed by atoms with Crippen molar-refractivity contribution in [2.24, 2.45) is 5.92 Å². The van der Waals surface area contributed by atoms with E-state index in [-0.39, 0.29) is 18.4 Å². The van der Waals surface area contributed by atoms with E-state index in [0.29, 0.717) is 0 Å². The van der Waals surface area contributed by atoms with Gasteiger partial charge in [-0.15, -0.1) is 0 Å². The van der Waals surface area contributed by atoms with E-state index < -0.39 is 5.97 Å². The summed E-state index contributed by atoms with van der Waals surface area (Å²) in [7, 11) is 1.61. The second-order valence-electron chi connectivity index (χ2n) is 4.62. The SMILES string of the molecule is COc1cccc(OC2CCCC2CC(=O)O)c1. The van der Waals surface area contributed by atoms with E-state index >= 15 is 0 Å². The molecule has 1 saturated carbocycles. The summed E-state index contributed by atoms with van der Waals surface area (Å²) in [5.41, 5.74) is 0. The number of rotatable bonds is 5. The van der Waals surface area contributed by atoms with Crippen molar-refractivity contribution in [3.05, 3.63) is 24.3 Å². The molecule has 0 aliphatic heterocycles. The van der Waals surface area contributed by atoms with Crippen LogP contribution < -0.4 is 9.47 Å². The first-order valence-electron chi connectivity index (χ1n) is 6.21. The number of carboxylic acids is 1. The van der Waals surface area contributed by atoms with Gasteiger partial charge in [0.25, 0.3) is 0 Å². The minimum Gasteiger partial charge on any atom is -0.497 e. The molecule has 1 N–H and O–H groups in total. The zero-order valence-corrected chi connectivity index (χ0v) is 10.5. The van der Waals surface area contributed by atoms with Gasteiger partial charge in [0.1, 0.15) is 17.6 Å². The summed E-state index contributed by atoms with van der Waals surface area (Å²) in [6.07, 6.45) is 3.09. The number of carbonyl (C=O) groups is 1. The van der Waals surface area contributed by atoms with Crippen LogP contribution in [0.3, 0.4) is 0 Å². The van der Waals surface area contributed by atoms with Crippen molar-refractivity contribution in [1.82, 2.24) is 0 Å². The average Bonchev–Trinajstić information content (AvgIpc) is 2.76. The molecule has 1 aromatic carbocycles. The van der Waals surface area contributed by atoms with Gasteiger partial charge < -0.3 is 14.6 Å². The first-order chi connectivity index (χ1) is 8.69. The number of hydrogen-bond acceptors (Lipinski definition) is 3. The van der Waals surface area contributed by atoms with E-state index in [0.717, 1.165) is 30.8 Å². The summed E-state index contributed by atoms with van der Waals surface area (Å²) in [4.78, 5) is 10.8. The Labute approximate surface area is 107 Å². The van der Waals surface area contributed by atoms with Gasteiger partial charge >= 0.3 is 5.97 Å². The highest BCUT2D eigenvalue weighted by Crippen LogP contribution is 2.32. The molecule has 0 saturated heterocycles. The molecular formula is C14H18O4. The molecule has 0 radical (unpaired) electrons. The Morgan fingerprint density at radius 3 is 2.89 bits per heavy atom. The molecule has 0 aromatic heterocycles. The number of aliphatic carboxylic acids is 1. The van der Waals surface area contributed by atoms with Crippen molar-refractivity contribution in [3.8, 4) is 11.5 Å². The van der Waals surface area contributed by atoms with Crippen molar-refractivity contribution in [3.63, 3.8) is 0 Å². The van der Waals surface area contributed by atoms with E-state index in [1.807, 2.05) is 24.3 Å². The van der Waals surface area contributed by atoms with Crippen LogP contribution in [-0.2, 0) is 4.79 Å². The van der Waals surface area contributed by atoms with Crippen LogP contribution in [0, 0.1) is 5.92 Å². The third-order valence-corrected chi connectivity index (χ3v) is 3.35. The number of hydrogen-bond donors (Lipinski definition) is 1. The summed E-state index contributed by atoms with van der Waals surface area (Å²) in [5, 5.41) is 8.86. The second kappa shape index (κ2) is 5.76. The third-order valence-electron chi connectivity index (χ3n) is 3.35. The van der Waals surface area contributed by atoms with Gasteiger partial charge in [0.15, 0.2) is 0 Å². The highest BCUT2D eigenvalue weighted by atomic mass is 16.5. The Morgan fingerprint density at radius 2 is 2.17 bits per heavy atom. The van der Waals surface area contributed by atoms with Crippen LogP contribution in [0.25, 0.3) is 0 Å². The first-order valence-corrected chi connectivity index (χ1v) is 6.21. The van der Waals surface area contributed by atoms with Gasteiger partial charge in [-0.3, -0.25) is 4.79 Å². The molecule has 0 amide bonds. The van der Waals surface area contributed by atoms with Crippen LogP contribution in [0.1, 0.15) is 25.7 Å². The number of ether oxygens (including phenoxy) is 2. The molecule has 0 bridgehead atoms. The van der Waals surface area contributed by atoms with Gasteiger partial charge in [0.2, 0.25) is 0 Å². The Balaban J connectivity index is 2.00. The molecule has 4 nitrogen and oxygen atoms in total. The van der Waals surface area contributed by atoms with Crippen LogP contribution in [0.2, 0.25) is 0 Å². The molecular weight excluding hydrogens is 232 g/mol. The molecule has 2 atom stereocenters. The summed E-state index contributed by atoms with van der Waals surface area (Å²) in [6.45, 7) is 0. The molecule has 2 unspecified atom stereocenters. The zero-order chi connectivity index (χ0) is 13.0. The van der Waals surface area contributed by atoms with Gasteiger partial charge in [0, 0.05) is 12.0 Å². The first kappa shape index (κ1) is 12.7. The number of carboxylic acid groups (broad SMARTS) is 1. The molecule has 0 heterocycles. The van der Waals surface area contributed by atoms with Crippen LogP contribution in [0.5, 0.6) is 11.5 Å². The van der Waals surface area contributed by atoms with Crippen molar-refractivity contribution in [2.75, 3.05) is 7.11 Å². The molecule has 1 aromatic rings. The van der Waals surface area contributed by atoms with Crippen LogP contribution >= 0.6 is 0 Å². The summed E-state index contributed by atoms with van der Waals surface area (Å²) >= 11 is 0. The second-order valence-corrected chi connectivity index (χ2v) is 4.62. The maximum atomic E-state index is 10.8. The summed E-state index contributed by atoms with van der Waals surface area (Å²) < 4.78 is 11.0. The molecule has 4 heteroatoms. The monoisotopic (exact) mass is 250 g/mol. The van der Waals surface area contributed by atoms with E-state index in [9.17, 15) is 4.79 Å². The standard InChI is InChI=1S/C14H18O4/c1-17-11-5-3-6-12(9-11)18-13-7-2-4-10(13)8-14(15)16/h3,5-6,9-10,13H,2,4,7-8H2,1H3,(H,15,16). The van der Waals surface area contributed by atoms with Gasteiger partial charge in [-0.05, 0) is 31.4 Å². The van der Waals surface area contributed by atoms with E-state index in [4.69, 9.17) is 14.6 Å². The number of benzene rings is 1. The average molecular weight is 250 g/mol. The molecule has 2 rings (SSSR count). The smallest absolute Gasteiger partial charge is 0.303 e. The largest absolute Gasteiger partial charge is 0.497 e. The van der Waals surface area contributed by atoms with Gasteiger partial charge in [-0.25, -0.2) is 0 Å². The lowest BCUT2D eigenvalue weighted by Crippen LogP contribution is -2.23. The fourth-order valence-electron chi connectivity index (χ4n) is 2.47. The normalized spacial score (nSPS) is 22.7. The third kappa shape index (κ3) is 3.15. The molecule has 98 valence electrons. The Kier molecular flexibility index (Phi) is 4.07. The van der Waals surface area contributed by atoms with E-state index in [2.05, 4.69) is 0 Å². The van der Waals surface area contributed by atoms with Crippen LogP contribution in [0.4, 0.5) is 0 Å². The van der Waals surface area contributed by atoms with Crippen LogP contribution in [-0.4, -0.2) is 24.3 Å². The van der Waals surface area contributed by atoms with Crippen LogP contribution in [0.15, 0.2) is 24.3 Å². The molecule has 1 aliphatic rings. The predicted octanol–water partition coefficient (Wildman–Crippen LogP) is 2.72. The van der Waals surface area contributed by atoms with E-state index in [1.165, 1.54) is 0 Å². The summed E-state index contributed by atoms with van der Waals surface area (Å²) in [6, 6.07) is 7.43. The molecule has 1 fully saturated rings. The molecule has 0 spiro atoms.